The van der Waals surface area contributed by atoms with Crippen molar-refractivity contribution in [2.45, 2.75) is 227 Å². The van der Waals surface area contributed by atoms with Gasteiger partial charge in [-0.05, 0) is 86.9 Å². The number of nitrogens with zero attached hydrogens (tertiary/aromatic N) is 6. The summed E-state index contributed by atoms with van der Waals surface area (Å²) in [7, 11) is 5.31. The number of aliphatic hydroxyl groups excluding tert-OH is 3. The van der Waals surface area contributed by atoms with Crippen LogP contribution in [0.25, 0.3) is 21.8 Å². The lowest BCUT2D eigenvalue weighted by molar-refractivity contribution is -0.149. The summed E-state index contributed by atoms with van der Waals surface area (Å²) in [4.78, 5) is 266. The van der Waals surface area contributed by atoms with E-state index >= 15 is 33.6 Å². The van der Waals surface area contributed by atoms with Crippen molar-refractivity contribution in [1.82, 2.24) is 92.3 Å². The van der Waals surface area contributed by atoms with Crippen molar-refractivity contribution < 1.29 is 102 Å². The Labute approximate surface area is 754 Å². The number of carbonyl (C=O) groups excluding carboxylic acids is 17. The molecule has 704 valence electrons. The molecule has 130 heavy (non-hydrogen) atoms. The Kier molecular flexibility index (Phi) is 36.7. The van der Waals surface area contributed by atoms with Gasteiger partial charge >= 0.3 is 0 Å². The lowest BCUT2D eigenvalue weighted by Crippen LogP contribution is -2.62. The molecule has 42 nitrogen and oxygen atoms in total. The number of hydrogen-bond donors (Lipinski definition) is 18. The number of nitrogens with one attached hydrogen (secondary N) is 12. The van der Waals surface area contributed by atoms with Gasteiger partial charge in [0.25, 0.3) is 0 Å². The van der Waals surface area contributed by atoms with Crippen molar-refractivity contribution in [3.8, 4) is 5.75 Å². The average Bonchev–Trinajstić information content (AvgIpc) is 1.78. The van der Waals surface area contributed by atoms with Crippen LogP contribution in [-0.2, 0) is 107 Å². The first-order valence-corrected chi connectivity index (χ1v) is 44.4. The molecule has 3 aromatic heterocycles. The molecule has 3 aliphatic heterocycles. The molecule has 0 saturated carbocycles. The molecule has 17 amide bonds. The monoisotopic (exact) mass is 1830 g/mol. The fraction of sp³-hybridized carbons (Fsp3) is 0.517. The number of methoxy groups -OCH3 is 1. The second-order valence-electron chi connectivity index (χ2n) is 32.9. The van der Waals surface area contributed by atoms with E-state index in [1.165, 1.54) is 54.6 Å². The maximum Gasteiger partial charge on any atom is 0.246 e. The van der Waals surface area contributed by atoms with Gasteiger partial charge in [-0.2, -0.15) is 0 Å². The van der Waals surface area contributed by atoms with E-state index in [4.69, 9.17) is 21.9 Å². The molecule has 3 fully saturated rings. The number of fused-ring (bicyclic) bond motifs is 4. The van der Waals surface area contributed by atoms with Crippen LogP contribution in [0.1, 0.15) is 127 Å². The fourth-order valence-corrected chi connectivity index (χ4v) is 16.9. The number of hydrogen-bond acceptors (Lipinski definition) is 23. The number of rotatable bonds is 23. The van der Waals surface area contributed by atoms with E-state index in [2.05, 4.69) is 67.8 Å². The Balaban J connectivity index is 1.08. The second kappa shape index (κ2) is 47.3. The first kappa shape index (κ1) is 101. The van der Waals surface area contributed by atoms with Gasteiger partial charge in [0.15, 0.2) is 0 Å². The highest BCUT2D eigenvalue weighted by molar-refractivity contribution is 8.00. The van der Waals surface area contributed by atoms with Gasteiger partial charge in [-0.25, -0.2) is 4.98 Å². The average molecular weight is 1830 g/mol. The lowest BCUT2D eigenvalue weighted by atomic mass is 10.00. The van der Waals surface area contributed by atoms with E-state index in [9.17, 15) is 63.3 Å². The molecule has 3 saturated heterocycles. The van der Waals surface area contributed by atoms with Gasteiger partial charge < -0.3 is 125 Å². The number of nitrogens with two attached hydrogens (primary N) is 3. The van der Waals surface area contributed by atoms with Gasteiger partial charge in [-0.1, -0.05) is 88.1 Å². The van der Waals surface area contributed by atoms with Gasteiger partial charge in [0.1, 0.15) is 90.3 Å². The third kappa shape index (κ3) is 26.6. The molecule has 3 aliphatic rings. The minimum Gasteiger partial charge on any atom is -0.497 e. The highest BCUT2D eigenvalue weighted by Gasteiger charge is 2.47. The third-order valence-electron chi connectivity index (χ3n) is 23.5. The van der Waals surface area contributed by atoms with Gasteiger partial charge in [-0.15, -0.1) is 11.8 Å². The van der Waals surface area contributed by atoms with Gasteiger partial charge in [0.05, 0.1) is 50.1 Å². The Morgan fingerprint density at radius 2 is 1.09 bits per heavy atom. The van der Waals surface area contributed by atoms with E-state index in [1.54, 1.807) is 85.2 Å². The van der Waals surface area contributed by atoms with Crippen molar-refractivity contribution in [1.29, 1.82) is 0 Å². The number of imidazole rings is 1. The zero-order valence-corrected chi connectivity index (χ0v) is 74.7. The van der Waals surface area contributed by atoms with Gasteiger partial charge in [0, 0.05) is 119 Å². The van der Waals surface area contributed by atoms with Crippen molar-refractivity contribution in [3.05, 3.63) is 120 Å². The molecule has 9 rings (SSSR count). The van der Waals surface area contributed by atoms with Crippen LogP contribution in [0.2, 0.25) is 0 Å². The Morgan fingerprint density at radius 3 is 1.67 bits per heavy atom. The minimum atomic E-state index is -1.91. The van der Waals surface area contributed by atoms with Crippen molar-refractivity contribution in [3.63, 3.8) is 0 Å². The molecule has 0 aliphatic carbocycles. The number of ether oxygens (including phenoxy) is 1. The van der Waals surface area contributed by atoms with Crippen LogP contribution in [0.3, 0.4) is 0 Å². The van der Waals surface area contributed by atoms with Gasteiger partial charge in [0.2, 0.25) is 100 Å². The number of benzene rings is 3. The first-order valence-electron chi connectivity index (χ1n) is 43.2. The summed E-state index contributed by atoms with van der Waals surface area (Å²) in [5.41, 5.74) is 20.1. The molecule has 43 heteroatoms. The molecule has 0 radical (unpaired) electrons. The minimum absolute atomic E-state index is 0.0122. The molecule has 21 N–H and O–H groups in total. The van der Waals surface area contributed by atoms with E-state index in [0.29, 0.717) is 69.9 Å². The van der Waals surface area contributed by atoms with Crippen LogP contribution in [-0.4, -0.2) is 316 Å². The number of likely N-dealkylation sites (N-methyl/N-ethyl adjacent to an activating group) is 3. The van der Waals surface area contributed by atoms with Crippen molar-refractivity contribution in [2.75, 3.05) is 59.5 Å². The Bertz CT molecular complexity index is 5050. The maximum absolute atomic E-state index is 15.6. The summed E-state index contributed by atoms with van der Waals surface area (Å²) in [6.45, 7) is 4.28. The molecule has 16 atom stereocenters. The molecular formula is C87H119N21O21S. The number of carbonyl (C=O) groups is 17. The summed E-state index contributed by atoms with van der Waals surface area (Å²) in [6, 6.07) is -2.30. The van der Waals surface area contributed by atoms with E-state index in [-0.39, 0.29) is 57.2 Å². The summed E-state index contributed by atoms with van der Waals surface area (Å²) in [5.74, 6) is -17.3. The quantitative estimate of drug-likeness (QED) is 0.0297. The number of aliphatic hydroxyl groups is 3. The summed E-state index contributed by atoms with van der Waals surface area (Å²) >= 11 is 0.778. The third-order valence-corrected chi connectivity index (χ3v) is 24.6. The zero-order valence-electron chi connectivity index (χ0n) is 73.8. The molecule has 0 bridgehead atoms. The summed E-state index contributed by atoms with van der Waals surface area (Å²) < 4.78 is 5.32. The topological polar surface area (TPSA) is 623 Å². The highest BCUT2D eigenvalue weighted by atomic mass is 32.2. The largest absolute Gasteiger partial charge is 0.497 e. The highest BCUT2D eigenvalue weighted by Crippen LogP contribution is 2.28. The maximum atomic E-state index is 15.6. The fourth-order valence-electron chi connectivity index (χ4n) is 16.1. The molecule has 6 heterocycles. The predicted molar refractivity (Wildman–Crippen MR) is 473 cm³/mol. The van der Waals surface area contributed by atoms with Crippen molar-refractivity contribution >= 4 is 134 Å². The smallest absolute Gasteiger partial charge is 0.246 e. The van der Waals surface area contributed by atoms with Gasteiger partial charge in [-0.3, -0.25) is 81.5 Å². The van der Waals surface area contributed by atoms with E-state index in [1.807, 2.05) is 13.8 Å². The number of amides is 17. The Hall–Kier alpha value is -13.0. The van der Waals surface area contributed by atoms with Crippen LogP contribution in [0.5, 0.6) is 5.75 Å². The van der Waals surface area contributed by atoms with Crippen LogP contribution in [0.4, 0.5) is 0 Å². The van der Waals surface area contributed by atoms with E-state index < -0.39 is 254 Å². The number of H-pyrrole nitrogens is 3. The predicted octanol–water partition coefficient (Wildman–Crippen LogP) is -3.41. The second-order valence-corrected chi connectivity index (χ2v) is 34.0. The standard InChI is InChI=1S/C87H119N21O21S/c1-9-11-22-66-79(120)103-73(47(4)110)82(123)102-65(74(90)115)43-130-44-72(114)95-61(32-48-25-27-53(129-8)28-26-48)83(124)104(5)46(3)75(116)99-63(37-71(89)113)86(127)107-31-17-24-67(107)80(121)98-60(35-51-40-91-45-94-51)77(118)96-58(29-30-70(88)112)85(126)108-41-52(111)36-69(108)81(122)97-59(33-49-38-92-56-20-15-13-18-54(49)56)76(117)101-64(42-109)78(119)100-62(34-50-39-93-57-21-16-14-19-55(50)57)84(125)106(7)68(23-12-10-2)87(128)105(66)6/h13-16,18-21,25-28,38-40,45-47,52,58-69,73,92-93,109-111H,9-12,17,22-24,29-37,41-44H2,1-8H3,(H2,88,112)(H2,89,113)(H2,90,115)(H,91,94)(H,95,114)(H,96,118)(H,97,122)(H,98,121)(H,99,116)(H,100,119)(H,101,117)(H,102,123)(H,103,120)/t46-,47-,52+,58-,59-,60-,61-,62-,63-,64?,65-,66-,67-,68-,69-,73-/m0/s1. The van der Waals surface area contributed by atoms with Crippen LogP contribution < -0.4 is 69.8 Å². The number of aromatic nitrogens is 4. The van der Waals surface area contributed by atoms with Crippen LogP contribution >= 0.6 is 11.8 Å². The number of thioether (sulfide) groups is 1. The lowest BCUT2D eigenvalue weighted by Gasteiger charge is -2.36. The molecule has 1 unspecified atom stereocenters. The molecule has 0 spiro atoms. The number of aromatic amines is 3. The zero-order chi connectivity index (χ0) is 94.9. The Morgan fingerprint density at radius 1 is 0.554 bits per heavy atom. The van der Waals surface area contributed by atoms with E-state index in [0.717, 1.165) is 36.3 Å². The number of para-hydroxylation sites is 2. The normalized spacial score (nSPS) is 25.5. The van der Waals surface area contributed by atoms with Crippen LogP contribution in [0, 0.1) is 0 Å². The van der Waals surface area contributed by atoms with Crippen molar-refractivity contribution in [2.24, 2.45) is 17.2 Å². The number of unbranched alkanes of at least 4 members (excludes halogenated alkanes) is 2. The molecular weight excluding hydrogens is 1710 g/mol. The summed E-state index contributed by atoms with van der Waals surface area (Å²) in [6.07, 6.45) is 0.799. The summed E-state index contributed by atoms with van der Waals surface area (Å²) in [5, 5.41) is 58.4. The first-order chi connectivity index (χ1) is 61.9. The molecule has 3 aromatic carbocycles. The number of primary amides is 3. The van der Waals surface area contributed by atoms with Crippen LogP contribution in [0.15, 0.2) is 97.7 Å². The SMILES string of the molecule is CCCC[C@H]1C(=O)N(C)[C@@H](CCCC)C(=O)N[C@@H]([C@H](C)O)C(=O)N[C@H](C(N)=O)CSCC(=O)N[C@@H](Cc2ccc(OC)cc2)C(=O)N(C)[C@@H](C)C(=O)N[C@@H](CC(N)=O)C(=O)N2CCC[C@H]2C(=O)N[C@@H](Cc2c[nH]cn2)C(=O)N[C@@H](CCC(N)=O)C(=O)N2C[C@H](O)C[C@H]2C(=O)N[C@@H](Cc2c[nH]c3ccccc23)C(=O)NC(CO)C(=O)N[C@@H](Cc2c[nH]c3ccccc23)C(=O)N1C. The molecule has 6 aromatic rings.